The molecule has 0 heterocycles. The van der Waals surface area contributed by atoms with Gasteiger partial charge in [0, 0.05) is 31.5 Å². The molecule has 0 unspecified atom stereocenters. The highest BCUT2D eigenvalue weighted by molar-refractivity contribution is 6.35. The van der Waals surface area contributed by atoms with Crippen molar-refractivity contribution in [1.82, 2.24) is 5.32 Å². The van der Waals surface area contributed by atoms with Crippen molar-refractivity contribution in [3.63, 3.8) is 0 Å². The van der Waals surface area contributed by atoms with Gasteiger partial charge in [0.1, 0.15) is 0 Å². The molecule has 0 aliphatic carbocycles. The van der Waals surface area contributed by atoms with Crippen molar-refractivity contribution in [2.24, 2.45) is 0 Å². The SMILES string of the molecule is CC(=O)N(CCC(=O)NCc1cccc(C)c1)c1cc(Cl)ccc1Cl. The van der Waals surface area contributed by atoms with Crippen LogP contribution >= 0.6 is 23.2 Å². The fraction of sp³-hybridized carbons (Fsp3) is 0.263. The Morgan fingerprint density at radius 2 is 1.88 bits per heavy atom. The van der Waals surface area contributed by atoms with Gasteiger partial charge in [-0.1, -0.05) is 53.0 Å². The molecule has 0 aliphatic rings. The van der Waals surface area contributed by atoms with Crippen molar-refractivity contribution in [3.8, 4) is 0 Å². The van der Waals surface area contributed by atoms with Gasteiger partial charge in [-0.2, -0.15) is 0 Å². The third-order valence-corrected chi connectivity index (χ3v) is 4.27. The number of benzene rings is 2. The lowest BCUT2D eigenvalue weighted by molar-refractivity contribution is -0.121. The van der Waals surface area contributed by atoms with E-state index in [2.05, 4.69) is 5.32 Å². The molecule has 0 fully saturated rings. The third kappa shape index (κ3) is 5.76. The minimum atomic E-state index is -0.198. The van der Waals surface area contributed by atoms with E-state index >= 15 is 0 Å². The second-order valence-electron chi connectivity index (χ2n) is 5.78. The quantitative estimate of drug-likeness (QED) is 0.811. The van der Waals surface area contributed by atoms with Crippen molar-refractivity contribution < 1.29 is 9.59 Å². The van der Waals surface area contributed by atoms with Crippen molar-refractivity contribution in [2.75, 3.05) is 11.4 Å². The summed E-state index contributed by atoms with van der Waals surface area (Å²) in [5, 5.41) is 3.76. The minimum Gasteiger partial charge on any atom is -0.352 e. The van der Waals surface area contributed by atoms with Crippen LogP contribution in [0.3, 0.4) is 0 Å². The van der Waals surface area contributed by atoms with Crippen LogP contribution < -0.4 is 10.2 Å². The summed E-state index contributed by atoms with van der Waals surface area (Å²) < 4.78 is 0. The highest BCUT2D eigenvalue weighted by atomic mass is 35.5. The summed E-state index contributed by atoms with van der Waals surface area (Å²) in [5.74, 6) is -0.332. The first-order valence-electron chi connectivity index (χ1n) is 7.92. The van der Waals surface area contributed by atoms with Gasteiger partial charge in [-0.3, -0.25) is 9.59 Å². The van der Waals surface area contributed by atoms with Gasteiger partial charge < -0.3 is 10.2 Å². The number of rotatable bonds is 6. The van der Waals surface area contributed by atoms with Crippen LogP contribution in [0.1, 0.15) is 24.5 Å². The lowest BCUT2D eigenvalue weighted by atomic mass is 10.1. The second kappa shape index (κ2) is 8.88. The molecule has 0 saturated heterocycles. The Balaban J connectivity index is 1.95. The molecule has 25 heavy (non-hydrogen) atoms. The molecular weight excluding hydrogens is 359 g/mol. The Kier molecular flexibility index (Phi) is 6.85. The standard InChI is InChI=1S/C19H20Cl2N2O2/c1-13-4-3-5-15(10-13)12-22-19(25)8-9-23(14(2)24)18-11-16(20)6-7-17(18)21/h3-7,10-11H,8-9,12H2,1-2H3,(H,22,25). The van der Waals surface area contributed by atoms with Crippen LogP contribution in [0.15, 0.2) is 42.5 Å². The van der Waals surface area contributed by atoms with Crippen LogP contribution in [0, 0.1) is 6.92 Å². The Morgan fingerprint density at radius 1 is 1.12 bits per heavy atom. The molecule has 0 aromatic heterocycles. The lowest BCUT2D eigenvalue weighted by Crippen LogP contribution is -2.34. The van der Waals surface area contributed by atoms with Crippen LogP contribution in [0.5, 0.6) is 0 Å². The number of nitrogens with zero attached hydrogens (tertiary/aromatic N) is 1. The maximum absolute atomic E-state index is 12.1. The van der Waals surface area contributed by atoms with Gasteiger partial charge in [-0.15, -0.1) is 0 Å². The topological polar surface area (TPSA) is 49.4 Å². The second-order valence-corrected chi connectivity index (χ2v) is 6.63. The highest BCUT2D eigenvalue weighted by Gasteiger charge is 2.16. The van der Waals surface area contributed by atoms with Gasteiger partial charge in [0.15, 0.2) is 0 Å². The van der Waals surface area contributed by atoms with E-state index in [1.807, 2.05) is 31.2 Å². The Hall–Kier alpha value is -2.04. The number of hydrogen-bond acceptors (Lipinski definition) is 2. The zero-order valence-corrected chi connectivity index (χ0v) is 15.7. The maximum Gasteiger partial charge on any atom is 0.223 e. The van der Waals surface area contributed by atoms with Crippen LogP contribution in [0.25, 0.3) is 0 Å². The highest BCUT2D eigenvalue weighted by Crippen LogP contribution is 2.29. The predicted octanol–water partition coefficient (Wildman–Crippen LogP) is 4.36. The zero-order chi connectivity index (χ0) is 18.4. The molecule has 2 amide bonds. The normalized spacial score (nSPS) is 10.4. The van der Waals surface area contributed by atoms with E-state index in [4.69, 9.17) is 23.2 Å². The molecule has 6 heteroatoms. The molecule has 0 radical (unpaired) electrons. The molecule has 2 aromatic carbocycles. The van der Waals surface area contributed by atoms with Gasteiger partial charge >= 0.3 is 0 Å². The summed E-state index contributed by atoms with van der Waals surface area (Å²) in [5.41, 5.74) is 2.69. The number of anilines is 1. The molecule has 0 aliphatic heterocycles. The number of halogens is 2. The third-order valence-electron chi connectivity index (χ3n) is 3.71. The van der Waals surface area contributed by atoms with E-state index in [0.29, 0.717) is 22.3 Å². The van der Waals surface area contributed by atoms with Crippen LogP contribution in [-0.4, -0.2) is 18.4 Å². The summed E-state index contributed by atoms with van der Waals surface area (Å²) in [7, 11) is 0. The molecule has 2 rings (SSSR count). The predicted molar refractivity (Wildman–Crippen MR) is 102 cm³/mol. The van der Waals surface area contributed by atoms with E-state index in [0.717, 1.165) is 11.1 Å². The number of carbonyl (C=O) groups excluding carboxylic acids is 2. The lowest BCUT2D eigenvalue weighted by Gasteiger charge is -2.22. The molecule has 0 bridgehead atoms. The fourth-order valence-electron chi connectivity index (χ4n) is 2.46. The van der Waals surface area contributed by atoms with Crippen LogP contribution in [0.4, 0.5) is 5.69 Å². The summed E-state index contributed by atoms with van der Waals surface area (Å²) in [6.07, 6.45) is 0.175. The largest absolute Gasteiger partial charge is 0.352 e. The molecule has 4 nitrogen and oxygen atoms in total. The Bertz CT molecular complexity index is 778. The summed E-state index contributed by atoms with van der Waals surface area (Å²) in [4.78, 5) is 25.5. The maximum atomic E-state index is 12.1. The van der Waals surface area contributed by atoms with Crippen molar-refractivity contribution in [2.45, 2.75) is 26.8 Å². The smallest absolute Gasteiger partial charge is 0.223 e. The summed E-state index contributed by atoms with van der Waals surface area (Å²) in [6, 6.07) is 12.8. The first kappa shape index (κ1) is 19.3. The van der Waals surface area contributed by atoms with E-state index in [-0.39, 0.29) is 24.8 Å². The molecule has 2 aromatic rings. The number of aryl methyl sites for hydroxylation is 1. The van der Waals surface area contributed by atoms with E-state index in [9.17, 15) is 9.59 Å². The van der Waals surface area contributed by atoms with Gasteiger partial charge in [0.05, 0.1) is 10.7 Å². The average molecular weight is 379 g/mol. The van der Waals surface area contributed by atoms with Gasteiger partial charge in [-0.25, -0.2) is 0 Å². The Morgan fingerprint density at radius 3 is 2.56 bits per heavy atom. The number of amides is 2. The van der Waals surface area contributed by atoms with E-state index < -0.39 is 0 Å². The number of carbonyl (C=O) groups is 2. The summed E-state index contributed by atoms with van der Waals surface area (Å²) >= 11 is 12.1. The molecule has 132 valence electrons. The first-order chi connectivity index (χ1) is 11.9. The van der Waals surface area contributed by atoms with E-state index in [1.165, 1.54) is 11.8 Å². The zero-order valence-electron chi connectivity index (χ0n) is 14.2. The molecule has 0 saturated carbocycles. The molecular formula is C19H20Cl2N2O2. The fourth-order valence-corrected chi connectivity index (χ4v) is 2.85. The average Bonchev–Trinajstić information content (AvgIpc) is 2.56. The van der Waals surface area contributed by atoms with Crippen molar-refractivity contribution in [3.05, 3.63) is 63.6 Å². The molecule has 0 spiro atoms. The molecule has 1 N–H and O–H groups in total. The minimum absolute atomic E-state index is 0.133. The van der Waals surface area contributed by atoms with Crippen molar-refractivity contribution in [1.29, 1.82) is 0 Å². The summed E-state index contributed by atoms with van der Waals surface area (Å²) in [6.45, 7) is 4.13. The number of nitrogens with one attached hydrogen (secondary N) is 1. The van der Waals surface area contributed by atoms with E-state index in [1.54, 1.807) is 18.2 Å². The molecule has 0 atom stereocenters. The van der Waals surface area contributed by atoms with Crippen LogP contribution in [0.2, 0.25) is 10.0 Å². The monoisotopic (exact) mass is 378 g/mol. The van der Waals surface area contributed by atoms with Gasteiger partial charge in [-0.05, 0) is 30.7 Å². The van der Waals surface area contributed by atoms with Crippen LogP contribution in [-0.2, 0) is 16.1 Å². The first-order valence-corrected chi connectivity index (χ1v) is 8.68. The van der Waals surface area contributed by atoms with Gasteiger partial charge in [0.2, 0.25) is 11.8 Å². The van der Waals surface area contributed by atoms with Gasteiger partial charge in [0.25, 0.3) is 0 Å². The van der Waals surface area contributed by atoms with Crippen molar-refractivity contribution >= 4 is 40.7 Å². The number of hydrogen-bond donors (Lipinski definition) is 1. The Labute approximate surface area is 157 Å².